The Morgan fingerprint density at radius 3 is 2.60 bits per heavy atom. The minimum absolute atomic E-state index is 0.366. The molecule has 3 heterocycles. The van der Waals surface area contributed by atoms with Crippen molar-refractivity contribution >= 4 is 22.0 Å². The Bertz CT molecular complexity index is 469. The highest BCUT2D eigenvalue weighted by Gasteiger charge is 2.33. The maximum absolute atomic E-state index is 11.8. The van der Waals surface area contributed by atoms with E-state index in [2.05, 4.69) is 26.1 Å². The van der Waals surface area contributed by atoms with Crippen molar-refractivity contribution in [2.75, 3.05) is 19.6 Å². The van der Waals surface area contributed by atoms with Gasteiger partial charge in [0.05, 0.1) is 0 Å². The zero-order chi connectivity index (χ0) is 13.9. The number of fused-ring (bicyclic) bond motifs is 3. The molecule has 3 aliphatic heterocycles. The summed E-state index contributed by atoms with van der Waals surface area (Å²) < 4.78 is 6.22. The first-order valence-corrected chi connectivity index (χ1v) is 7.95. The molecule has 0 aromatic heterocycles. The summed E-state index contributed by atoms with van der Waals surface area (Å²) >= 11 is 3.35. The van der Waals surface area contributed by atoms with Crippen molar-refractivity contribution in [3.63, 3.8) is 0 Å². The van der Waals surface area contributed by atoms with Gasteiger partial charge in [0.2, 0.25) is 0 Å². The van der Waals surface area contributed by atoms with Crippen LogP contribution in [0.1, 0.15) is 19.3 Å². The molecule has 1 aromatic carbocycles. The Balaban J connectivity index is 1.46. The number of carbonyl (C=O) groups is 1. The van der Waals surface area contributed by atoms with Gasteiger partial charge in [-0.2, -0.15) is 0 Å². The fourth-order valence-electron chi connectivity index (χ4n) is 3.15. The molecule has 3 saturated heterocycles. The first kappa shape index (κ1) is 13.9. The van der Waals surface area contributed by atoms with Crippen molar-refractivity contribution in [1.29, 1.82) is 0 Å². The summed E-state index contributed by atoms with van der Waals surface area (Å²) in [4.78, 5) is 14.3. The summed E-state index contributed by atoms with van der Waals surface area (Å²) in [6.45, 7) is 3.05. The van der Waals surface area contributed by atoms with Gasteiger partial charge in [-0.3, -0.25) is 4.90 Å². The number of hydrogen-bond donors (Lipinski definition) is 1. The van der Waals surface area contributed by atoms with Gasteiger partial charge in [-0.05, 0) is 62.5 Å². The van der Waals surface area contributed by atoms with E-state index in [1.807, 2.05) is 12.1 Å². The highest BCUT2D eigenvalue weighted by Crippen LogP contribution is 2.31. The van der Waals surface area contributed by atoms with Crippen LogP contribution < -0.4 is 10.1 Å². The normalized spacial score (nSPS) is 28.1. The average Bonchev–Trinajstić information content (AvgIpc) is 2.49. The number of benzene rings is 1. The highest BCUT2D eigenvalue weighted by atomic mass is 79.9. The van der Waals surface area contributed by atoms with E-state index in [0.29, 0.717) is 18.3 Å². The summed E-state index contributed by atoms with van der Waals surface area (Å²) in [6, 6.07) is 7.74. The van der Waals surface area contributed by atoms with Crippen LogP contribution in [0, 0.1) is 5.92 Å². The first-order valence-electron chi connectivity index (χ1n) is 7.16. The highest BCUT2D eigenvalue weighted by molar-refractivity contribution is 9.10. The molecular formula is C15H19BrN2O2. The standard InChI is InChI=1S/C15H19BrN2O2/c16-12-1-3-14(4-2-12)20-15(19)17-10-13-9-11-5-7-18(13)8-6-11/h1-4,11,13H,5-10H2,(H,17,19). The Morgan fingerprint density at radius 1 is 1.30 bits per heavy atom. The van der Waals surface area contributed by atoms with E-state index < -0.39 is 0 Å². The second kappa shape index (κ2) is 6.14. The van der Waals surface area contributed by atoms with Gasteiger partial charge in [0.25, 0.3) is 0 Å². The SMILES string of the molecule is O=C(NCC1CC2CCN1CC2)Oc1ccc(Br)cc1. The molecule has 1 amide bonds. The Labute approximate surface area is 127 Å². The van der Waals surface area contributed by atoms with Crippen LogP contribution in [0.3, 0.4) is 0 Å². The number of halogens is 1. The molecule has 0 aliphatic carbocycles. The quantitative estimate of drug-likeness (QED) is 0.920. The fourth-order valence-corrected chi connectivity index (χ4v) is 3.41. The topological polar surface area (TPSA) is 41.6 Å². The first-order chi connectivity index (χ1) is 9.70. The minimum Gasteiger partial charge on any atom is -0.410 e. The average molecular weight is 339 g/mol. The molecule has 20 heavy (non-hydrogen) atoms. The van der Waals surface area contributed by atoms with E-state index >= 15 is 0 Å². The third-order valence-corrected chi connectivity index (χ3v) is 4.81. The maximum Gasteiger partial charge on any atom is 0.412 e. The molecular weight excluding hydrogens is 320 g/mol. The molecule has 0 saturated carbocycles. The minimum atomic E-state index is -0.366. The summed E-state index contributed by atoms with van der Waals surface area (Å²) in [5.74, 6) is 1.42. The molecule has 0 spiro atoms. The number of nitrogens with zero attached hydrogens (tertiary/aromatic N) is 1. The molecule has 1 aromatic rings. The van der Waals surface area contributed by atoms with Gasteiger partial charge in [-0.1, -0.05) is 15.9 Å². The van der Waals surface area contributed by atoms with E-state index in [4.69, 9.17) is 4.74 Å². The zero-order valence-electron chi connectivity index (χ0n) is 11.3. The Hall–Kier alpha value is -1.07. The van der Waals surface area contributed by atoms with Crippen molar-refractivity contribution in [3.8, 4) is 5.75 Å². The molecule has 1 N–H and O–H groups in total. The number of rotatable bonds is 3. The molecule has 4 nitrogen and oxygen atoms in total. The number of nitrogens with one attached hydrogen (secondary N) is 1. The van der Waals surface area contributed by atoms with E-state index in [1.165, 1.54) is 32.4 Å². The monoisotopic (exact) mass is 338 g/mol. The third kappa shape index (κ3) is 3.33. The largest absolute Gasteiger partial charge is 0.412 e. The summed E-state index contributed by atoms with van der Waals surface area (Å²) in [7, 11) is 0. The maximum atomic E-state index is 11.8. The van der Waals surface area contributed by atoms with E-state index in [9.17, 15) is 4.79 Å². The number of hydrogen-bond acceptors (Lipinski definition) is 3. The number of ether oxygens (including phenoxy) is 1. The van der Waals surface area contributed by atoms with Gasteiger partial charge in [-0.15, -0.1) is 0 Å². The fraction of sp³-hybridized carbons (Fsp3) is 0.533. The molecule has 2 bridgehead atoms. The van der Waals surface area contributed by atoms with Crippen molar-refractivity contribution in [3.05, 3.63) is 28.7 Å². The van der Waals surface area contributed by atoms with E-state index in [0.717, 1.165) is 10.4 Å². The van der Waals surface area contributed by atoms with Crippen molar-refractivity contribution in [1.82, 2.24) is 10.2 Å². The van der Waals surface area contributed by atoms with Crippen LogP contribution in [0.15, 0.2) is 28.7 Å². The van der Waals surface area contributed by atoms with Crippen LogP contribution in [0.4, 0.5) is 4.79 Å². The zero-order valence-corrected chi connectivity index (χ0v) is 12.9. The third-order valence-electron chi connectivity index (χ3n) is 4.28. The molecule has 0 radical (unpaired) electrons. The number of carbonyl (C=O) groups excluding carboxylic acids is 1. The second-order valence-electron chi connectivity index (χ2n) is 5.59. The van der Waals surface area contributed by atoms with Crippen molar-refractivity contribution in [2.24, 2.45) is 5.92 Å². The van der Waals surface area contributed by atoms with Gasteiger partial charge >= 0.3 is 6.09 Å². The summed E-state index contributed by atoms with van der Waals surface area (Å²) in [6.07, 6.45) is 3.48. The van der Waals surface area contributed by atoms with Crippen LogP contribution >= 0.6 is 15.9 Å². The van der Waals surface area contributed by atoms with Crippen LogP contribution in [-0.2, 0) is 0 Å². The van der Waals surface area contributed by atoms with Crippen molar-refractivity contribution < 1.29 is 9.53 Å². The lowest BCUT2D eigenvalue weighted by Crippen LogP contribution is -2.53. The predicted octanol–water partition coefficient (Wildman–Crippen LogP) is 3.02. The van der Waals surface area contributed by atoms with E-state index in [-0.39, 0.29) is 6.09 Å². The Kier molecular flexibility index (Phi) is 4.27. The summed E-state index contributed by atoms with van der Waals surface area (Å²) in [5, 5.41) is 2.89. The number of piperidine rings is 3. The molecule has 5 heteroatoms. The molecule has 4 rings (SSSR count). The van der Waals surface area contributed by atoms with Gasteiger partial charge < -0.3 is 10.1 Å². The molecule has 1 atom stereocenters. The number of amides is 1. The van der Waals surface area contributed by atoms with Crippen molar-refractivity contribution in [2.45, 2.75) is 25.3 Å². The molecule has 108 valence electrons. The lowest BCUT2D eigenvalue weighted by molar-refractivity contribution is 0.0499. The predicted molar refractivity (Wildman–Crippen MR) is 80.9 cm³/mol. The molecule has 3 fully saturated rings. The van der Waals surface area contributed by atoms with Crippen LogP contribution in [0.5, 0.6) is 5.75 Å². The molecule has 3 aliphatic rings. The van der Waals surface area contributed by atoms with Crippen LogP contribution in [0.25, 0.3) is 0 Å². The van der Waals surface area contributed by atoms with Crippen LogP contribution in [-0.4, -0.2) is 36.7 Å². The van der Waals surface area contributed by atoms with Crippen LogP contribution in [0.2, 0.25) is 0 Å². The Morgan fingerprint density at radius 2 is 2.00 bits per heavy atom. The second-order valence-corrected chi connectivity index (χ2v) is 6.51. The van der Waals surface area contributed by atoms with Gasteiger partial charge in [0.1, 0.15) is 5.75 Å². The lowest BCUT2D eigenvalue weighted by atomic mass is 9.83. The smallest absolute Gasteiger partial charge is 0.410 e. The molecule has 1 unspecified atom stereocenters. The summed E-state index contributed by atoms with van der Waals surface area (Å²) in [5.41, 5.74) is 0. The lowest BCUT2D eigenvalue weighted by Gasteiger charge is -2.45. The van der Waals surface area contributed by atoms with Gasteiger partial charge in [-0.25, -0.2) is 4.79 Å². The van der Waals surface area contributed by atoms with Gasteiger partial charge in [0.15, 0.2) is 0 Å². The van der Waals surface area contributed by atoms with Gasteiger partial charge in [0, 0.05) is 17.1 Å². The van der Waals surface area contributed by atoms with E-state index in [1.54, 1.807) is 12.1 Å².